The number of hydrogen-bond donors (Lipinski definition) is 2. The molecule has 0 radical (unpaired) electrons. The maximum absolute atomic E-state index is 14.2. The summed E-state index contributed by atoms with van der Waals surface area (Å²) in [7, 11) is 0. The van der Waals surface area contributed by atoms with Crippen LogP contribution in [0, 0.1) is 5.82 Å². The summed E-state index contributed by atoms with van der Waals surface area (Å²) in [6.45, 7) is 0. The third-order valence-corrected chi connectivity index (χ3v) is 4.41. The number of halogens is 1. The molecule has 6 heteroatoms. The van der Waals surface area contributed by atoms with Crippen LogP contribution in [0.15, 0.2) is 58.3 Å². The Kier molecular flexibility index (Phi) is 4.48. The smallest absolute Gasteiger partial charge is 0.328 e. The molecule has 0 bridgehead atoms. The molecule has 1 heterocycles. The molecular weight excluding hydrogens is 329 g/mol. The maximum Gasteiger partial charge on any atom is 0.328 e. The SMILES string of the molecule is O=C(O)/C=C/c1ccc(/C=C2\Sc3ccccc3NC2=O)c(F)c1. The van der Waals surface area contributed by atoms with Gasteiger partial charge in [0.05, 0.1) is 10.6 Å². The van der Waals surface area contributed by atoms with Crippen molar-refractivity contribution < 1.29 is 19.1 Å². The molecule has 1 amide bonds. The minimum Gasteiger partial charge on any atom is -0.478 e. The number of para-hydroxylation sites is 1. The molecule has 120 valence electrons. The minimum atomic E-state index is -1.10. The van der Waals surface area contributed by atoms with Gasteiger partial charge in [-0.05, 0) is 35.9 Å². The van der Waals surface area contributed by atoms with Gasteiger partial charge >= 0.3 is 5.97 Å². The number of carbonyl (C=O) groups is 2. The molecule has 0 saturated heterocycles. The molecule has 0 atom stereocenters. The lowest BCUT2D eigenvalue weighted by Crippen LogP contribution is -2.17. The van der Waals surface area contributed by atoms with Crippen LogP contribution in [0.2, 0.25) is 0 Å². The molecule has 1 aliphatic rings. The standard InChI is InChI=1S/C18H12FNO3S/c19-13-9-11(6-8-17(21)22)5-7-12(13)10-16-18(23)20-14-3-1-2-4-15(14)24-16/h1-10H,(H,20,23)(H,21,22)/b8-6+,16-10-. The summed E-state index contributed by atoms with van der Waals surface area (Å²) in [5.41, 5.74) is 1.43. The average Bonchev–Trinajstić information content (AvgIpc) is 2.55. The third kappa shape index (κ3) is 3.55. The van der Waals surface area contributed by atoms with E-state index in [-0.39, 0.29) is 11.5 Å². The van der Waals surface area contributed by atoms with Crippen LogP contribution in [0.25, 0.3) is 12.2 Å². The maximum atomic E-state index is 14.2. The van der Waals surface area contributed by atoms with Crippen molar-refractivity contribution in [3.05, 3.63) is 70.4 Å². The van der Waals surface area contributed by atoms with E-state index in [4.69, 9.17) is 5.11 Å². The van der Waals surface area contributed by atoms with Crippen LogP contribution in [0.3, 0.4) is 0 Å². The lowest BCUT2D eigenvalue weighted by molar-refractivity contribution is -0.131. The van der Waals surface area contributed by atoms with Crippen molar-refractivity contribution >= 4 is 41.5 Å². The zero-order chi connectivity index (χ0) is 17.1. The van der Waals surface area contributed by atoms with Crippen molar-refractivity contribution in [2.24, 2.45) is 0 Å². The van der Waals surface area contributed by atoms with Crippen LogP contribution < -0.4 is 5.32 Å². The molecule has 4 nitrogen and oxygen atoms in total. The van der Waals surface area contributed by atoms with E-state index in [1.165, 1.54) is 36.0 Å². The predicted octanol–water partition coefficient (Wildman–Crippen LogP) is 4.01. The molecular formula is C18H12FNO3S. The second kappa shape index (κ2) is 6.72. The summed E-state index contributed by atoms with van der Waals surface area (Å²) in [6.07, 6.45) is 3.73. The molecule has 2 aromatic carbocycles. The second-order valence-electron chi connectivity index (χ2n) is 5.01. The zero-order valence-electron chi connectivity index (χ0n) is 12.3. The Morgan fingerprint density at radius 3 is 2.75 bits per heavy atom. The summed E-state index contributed by atoms with van der Waals surface area (Å²) in [4.78, 5) is 23.9. The zero-order valence-corrected chi connectivity index (χ0v) is 13.1. The fraction of sp³-hybridized carbons (Fsp3) is 0. The van der Waals surface area contributed by atoms with Crippen LogP contribution in [0.4, 0.5) is 10.1 Å². The minimum absolute atomic E-state index is 0.263. The first-order chi connectivity index (χ1) is 11.5. The van der Waals surface area contributed by atoms with Crippen molar-refractivity contribution in [2.75, 3.05) is 5.32 Å². The predicted molar refractivity (Wildman–Crippen MR) is 92.0 cm³/mol. The van der Waals surface area contributed by atoms with Crippen molar-refractivity contribution in [3.8, 4) is 0 Å². The van der Waals surface area contributed by atoms with Gasteiger partial charge in [-0.25, -0.2) is 9.18 Å². The summed E-state index contributed by atoms with van der Waals surface area (Å²) in [5, 5.41) is 11.4. The Balaban J connectivity index is 1.89. The second-order valence-corrected chi connectivity index (χ2v) is 6.10. The first-order valence-electron chi connectivity index (χ1n) is 7.03. The van der Waals surface area contributed by atoms with Crippen molar-refractivity contribution in [2.45, 2.75) is 4.90 Å². The molecule has 2 aromatic rings. The van der Waals surface area contributed by atoms with Gasteiger partial charge < -0.3 is 10.4 Å². The molecule has 3 rings (SSSR count). The molecule has 0 aromatic heterocycles. The number of carboxylic acid groups (broad SMARTS) is 1. The van der Waals surface area contributed by atoms with Gasteiger partial charge in [-0.15, -0.1) is 0 Å². The Labute approximate surface area is 141 Å². The van der Waals surface area contributed by atoms with Gasteiger partial charge in [0, 0.05) is 16.5 Å². The lowest BCUT2D eigenvalue weighted by atomic mass is 10.1. The highest BCUT2D eigenvalue weighted by Gasteiger charge is 2.20. The number of aliphatic carboxylic acids is 1. The first-order valence-corrected chi connectivity index (χ1v) is 7.85. The Morgan fingerprint density at radius 2 is 2.00 bits per heavy atom. The summed E-state index contributed by atoms with van der Waals surface area (Å²) < 4.78 is 14.2. The fourth-order valence-electron chi connectivity index (χ4n) is 2.18. The molecule has 0 unspecified atom stereocenters. The number of amides is 1. The molecule has 0 fully saturated rings. The van der Waals surface area contributed by atoms with E-state index < -0.39 is 11.8 Å². The van der Waals surface area contributed by atoms with Gasteiger partial charge in [0.2, 0.25) is 0 Å². The number of nitrogens with one attached hydrogen (secondary N) is 1. The molecule has 24 heavy (non-hydrogen) atoms. The number of benzene rings is 2. The van der Waals surface area contributed by atoms with Crippen LogP contribution >= 0.6 is 11.8 Å². The molecule has 0 spiro atoms. The number of thioether (sulfide) groups is 1. The number of carboxylic acids is 1. The molecule has 0 aliphatic carbocycles. The average molecular weight is 341 g/mol. The van der Waals surface area contributed by atoms with Crippen LogP contribution in [0.5, 0.6) is 0 Å². The van der Waals surface area contributed by atoms with E-state index >= 15 is 0 Å². The molecule has 1 aliphatic heterocycles. The number of fused-ring (bicyclic) bond motifs is 1. The summed E-state index contributed by atoms with van der Waals surface area (Å²) >= 11 is 1.28. The first kappa shape index (κ1) is 16.0. The highest BCUT2D eigenvalue weighted by Crippen LogP contribution is 2.38. The Morgan fingerprint density at radius 1 is 1.21 bits per heavy atom. The number of hydrogen-bond acceptors (Lipinski definition) is 3. The van der Waals surface area contributed by atoms with E-state index in [1.807, 2.05) is 18.2 Å². The highest BCUT2D eigenvalue weighted by molar-refractivity contribution is 8.04. The number of carbonyl (C=O) groups excluding carboxylic acids is 1. The topological polar surface area (TPSA) is 66.4 Å². The van der Waals surface area contributed by atoms with Crippen LogP contribution in [-0.4, -0.2) is 17.0 Å². The quantitative estimate of drug-likeness (QED) is 0.828. The van der Waals surface area contributed by atoms with Gasteiger partial charge in [0.15, 0.2) is 0 Å². The van der Waals surface area contributed by atoms with Gasteiger partial charge in [-0.3, -0.25) is 4.79 Å². The molecule has 2 N–H and O–H groups in total. The lowest BCUT2D eigenvalue weighted by Gasteiger charge is -2.18. The van der Waals surface area contributed by atoms with E-state index in [2.05, 4.69) is 5.32 Å². The van der Waals surface area contributed by atoms with Crippen molar-refractivity contribution in [3.63, 3.8) is 0 Å². The van der Waals surface area contributed by atoms with E-state index in [0.717, 1.165) is 16.7 Å². The number of anilines is 1. The summed E-state index contributed by atoms with van der Waals surface area (Å²) in [6, 6.07) is 11.7. The third-order valence-electron chi connectivity index (χ3n) is 3.31. The van der Waals surface area contributed by atoms with E-state index in [0.29, 0.717) is 10.5 Å². The van der Waals surface area contributed by atoms with Gasteiger partial charge in [-0.1, -0.05) is 36.0 Å². The molecule has 0 saturated carbocycles. The fourth-order valence-corrected chi connectivity index (χ4v) is 3.12. The highest BCUT2D eigenvalue weighted by atomic mass is 32.2. The number of rotatable bonds is 3. The Hall–Kier alpha value is -2.86. The van der Waals surface area contributed by atoms with Crippen molar-refractivity contribution in [1.82, 2.24) is 0 Å². The van der Waals surface area contributed by atoms with Crippen molar-refractivity contribution in [1.29, 1.82) is 0 Å². The van der Waals surface area contributed by atoms with Gasteiger partial charge in [0.1, 0.15) is 5.82 Å². The summed E-state index contributed by atoms with van der Waals surface area (Å²) in [5.74, 6) is -1.91. The normalized spacial score (nSPS) is 15.4. The van der Waals surface area contributed by atoms with E-state index in [9.17, 15) is 14.0 Å². The van der Waals surface area contributed by atoms with Crippen LogP contribution in [-0.2, 0) is 9.59 Å². The van der Waals surface area contributed by atoms with E-state index in [1.54, 1.807) is 12.1 Å². The largest absolute Gasteiger partial charge is 0.478 e. The van der Waals surface area contributed by atoms with Gasteiger partial charge in [0.25, 0.3) is 5.91 Å². The van der Waals surface area contributed by atoms with Crippen LogP contribution in [0.1, 0.15) is 11.1 Å². The Bertz CT molecular complexity index is 890. The monoisotopic (exact) mass is 341 g/mol. The van der Waals surface area contributed by atoms with Gasteiger partial charge in [-0.2, -0.15) is 0 Å².